The Kier molecular flexibility index (Phi) is 5.58. The van der Waals surface area contributed by atoms with Crippen molar-refractivity contribution in [3.8, 4) is 5.75 Å². The first-order valence-corrected chi connectivity index (χ1v) is 9.78. The predicted octanol–water partition coefficient (Wildman–Crippen LogP) is 4.75. The number of nitrogens with one attached hydrogen (secondary N) is 1. The predicted molar refractivity (Wildman–Crippen MR) is 112 cm³/mol. The summed E-state index contributed by atoms with van der Waals surface area (Å²) in [5.41, 5.74) is 3.44. The van der Waals surface area contributed by atoms with Gasteiger partial charge in [-0.1, -0.05) is 42.5 Å². The van der Waals surface area contributed by atoms with Gasteiger partial charge in [-0.25, -0.2) is 0 Å². The SMILES string of the molecule is COC1Cc2ccc(NC(=O)CCCOc3cccc4ccccc34)cc2C1. The summed E-state index contributed by atoms with van der Waals surface area (Å²) in [5.74, 6) is 0.882. The fraction of sp³-hybridized carbons (Fsp3) is 0.292. The zero-order valence-corrected chi connectivity index (χ0v) is 16.1. The molecule has 1 amide bonds. The molecule has 0 bridgehead atoms. The molecule has 4 heteroatoms. The van der Waals surface area contributed by atoms with Crippen LogP contribution < -0.4 is 10.1 Å². The van der Waals surface area contributed by atoms with E-state index >= 15 is 0 Å². The molecule has 1 unspecified atom stereocenters. The smallest absolute Gasteiger partial charge is 0.224 e. The van der Waals surface area contributed by atoms with Gasteiger partial charge in [0.05, 0.1) is 12.7 Å². The Morgan fingerprint density at radius 2 is 1.86 bits per heavy atom. The molecule has 1 aliphatic carbocycles. The van der Waals surface area contributed by atoms with Gasteiger partial charge in [-0.3, -0.25) is 4.79 Å². The van der Waals surface area contributed by atoms with Crippen LogP contribution in [0, 0.1) is 0 Å². The molecule has 1 N–H and O–H groups in total. The van der Waals surface area contributed by atoms with Crippen LogP contribution in [-0.2, 0) is 22.4 Å². The van der Waals surface area contributed by atoms with Crippen molar-refractivity contribution in [2.45, 2.75) is 31.8 Å². The average molecular weight is 375 g/mol. The summed E-state index contributed by atoms with van der Waals surface area (Å²) in [6.45, 7) is 0.515. The molecule has 28 heavy (non-hydrogen) atoms. The molecule has 3 aromatic carbocycles. The fourth-order valence-electron chi connectivity index (χ4n) is 3.78. The first-order valence-electron chi connectivity index (χ1n) is 9.78. The third-order valence-electron chi connectivity index (χ3n) is 5.27. The first kappa shape index (κ1) is 18.5. The number of rotatable bonds is 7. The van der Waals surface area contributed by atoms with Gasteiger partial charge < -0.3 is 14.8 Å². The fourth-order valence-corrected chi connectivity index (χ4v) is 3.78. The van der Waals surface area contributed by atoms with Gasteiger partial charge in [0.25, 0.3) is 0 Å². The van der Waals surface area contributed by atoms with Crippen LogP contribution in [0.3, 0.4) is 0 Å². The van der Waals surface area contributed by atoms with E-state index in [0.717, 1.165) is 35.1 Å². The summed E-state index contributed by atoms with van der Waals surface area (Å²) in [6.07, 6.45) is 3.22. The lowest BCUT2D eigenvalue weighted by Crippen LogP contribution is -2.13. The molecule has 0 fully saturated rings. The number of carbonyl (C=O) groups is 1. The van der Waals surface area contributed by atoms with E-state index in [-0.39, 0.29) is 12.0 Å². The van der Waals surface area contributed by atoms with Crippen LogP contribution in [0.2, 0.25) is 0 Å². The Morgan fingerprint density at radius 1 is 1.04 bits per heavy atom. The maximum atomic E-state index is 12.3. The van der Waals surface area contributed by atoms with Crippen molar-refractivity contribution in [3.05, 3.63) is 71.8 Å². The minimum atomic E-state index is 0.0164. The number of benzene rings is 3. The molecule has 0 aliphatic heterocycles. The maximum Gasteiger partial charge on any atom is 0.224 e. The van der Waals surface area contributed by atoms with Crippen LogP contribution in [0.1, 0.15) is 24.0 Å². The van der Waals surface area contributed by atoms with Gasteiger partial charge in [0.1, 0.15) is 5.75 Å². The van der Waals surface area contributed by atoms with E-state index in [1.54, 1.807) is 7.11 Å². The normalized spacial score (nSPS) is 15.4. The Bertz CT molecular complexity index is 977. The molecule has 0 heterocycles. The van der Waals surface area contributed by atoms with Crippen molar-refractivity contribution in [1.82, 2.24) is 0 Å². The third kappa shape index (κ3) is 4.18. The number of methoxy groups -OCH3 is 1. The van der Waals surface area contributed by atoms with Gasteiger partial charge in [0.2, 0.25) is 5.91 Å². The van der Waals surface area contributed by atoms with Crippen molar-refractivity contribution < 1.29 is 14.3 Å². The van der Waals surface area contributed by atoms with Crippen LogP contribution in [0.5, 0.6) is 5.75 Å². The lowest BCUT2D eigenvalue weighted by molar-refractivity contribution is -0.116. The van der Waals surface area contributed by atoms with E-state index in [0.29, 0.717) is 19.4 Å². The Labute approximate surface area is 165 Å². The molecular weight excluding hydrogens is 350 g/mol. The average Bonchev–Trinajstić information content (AvgIpc) is 3.14. The summed E-state index contributed by atoms with van der Waals surface area (Å²) in [4.78, 5) is 12.3. The van der Waals surface area contributed by atoms with Crippen LogP contribution >= 0.6 is 0 Å². The van der Waals surface area contributed by atoms with E-state index in [2.05, 4.69) is 35.6 Å². The molecular formula is C24H25NO3. The molecule has 0 radical (unpaired) electrons. The molecule has 1 atom stereocenters. The Morgan fingerprint density at radius 3 is 2.75 bits per heavy atom. The monoisotopic (exact) mass is 375 g/mol. The maximum absolute atomic E-state index is 12.3. The van der Waals surface area contributed by atoms with Gasteiger partial charge in [-0.05, 0) is 54.0 Å². The van der Waals surface area contributed by atoms with E-state index in [1.165, 1.54) is 11.1 Å². The second-order valence-electron chi connectivity index (χ2n) is 7.23. The molecule has 0 saturated carbocycles. The minimum Gasteiger partial charge on any atom is -0.493 e. The Hall–Kier alpha value is -2.85. The van der Waals surface area contributed by atoms with Gasteiger partial charge in [-0.2, -0.15) is 0 Å². The summed E-state index contributed by atoms with van der Waals surface area (Å²) in [5, 5.41) is 5.25. The molecule has 1 aliphatic rings. The third-order valence-corrected chi connectivity index (χ3v) is 5.27. The standard InChI is InChI=1S/C24H25NO3/c1-27-21-15-18-11-12-20(14-19(18)16-21)25-24(26)10-5-13-28-23-9-4-7-17-6-2-3-8-22(17)23/h2-4,6-9,11-12,14,21H,5,10,13,15-16H2,1H3,(H,25,26). The highest BCUT2D eigenvalue weighted by molar-refractivity contribution is 5.91. The van der Waals surface area contributed by atoms with Crippen LogP contribution in [-0.4, -0.2) is 25.7 Å². The number of amides is 1. The van der Waals surface area contributed by atoms with Gasteiger partial charge in [0, 0.05) is 24.6 Å². The second kappa shape index (κ2) is 8.44. The van der Waals surface area contributed by atoms with Crippen molar-refractivity contribution in [2.75, 3.05) is 19.0 Å². The zero-order chi connectivity index (χ0) is 19.3. The highest BCUT2D eigenvalue weighted by atomic mass is 16.5. The van der Waals surface area contributed by atoms with Crippen molar-refractivity contribution in [1.29, 1.82) is 0 Å². The number of ether oxygens (including phenoxy) is 2. The molecule has 144 valence electrons. The van der Waals surface area contributed by atoms with E-state index in [4.69, 9.17) is 9.47 Å². The largest absolute Gasteiger partial charge is 0.493 e. The summed E-state index contributed by atoms with van der Waals surface area (Å²) in [7, 11) is 1.75. The number of carbonyl (C=O) groups excluding carboxylic acids is 1. The van der Waals surface area contributed by atoms with Crippen LogP contribution in [0.15, 0.2) is 60.7 Å². The number of anilines is 1. The first-order chi connectivity index (χ1) is 13.7. The molecule has 4 rings (SSSR count). The summed E-state index contributed by atoms with van der Waals surface area (Å²) < 4.78 is 11.4. The molecule has 0 saturated heterocycles. The number of fused-ring (bicyclic) bond motifs is 2. The van der Waals surface area contributed by atoms with Crippen LogP contribution in [0.4, 0.5) is 5.69 Å². The van der Waals surface area contributed by atoms with Gasteiger partial charge in [0.15, 0.2) is 0 Å². The lowest BCUT2D eigenvalue weighted by atomic mass is 10.1. The Balaban J connectivity index is 1.26. The van der Waals surface area contributed by atoms with Crippen molar-refractivity contribution >= 4 is 22.4 Å². The van der Waals surface area contributed by atoms with E-state index in [9.17, 15) is 4.79 Å². The lowest BCUT2D eigenvalue weighted by Gasteiger charge is -2.10. The molecule has 0 aromatic heterocycles. The van der Waals surface area contributed by atoms with E-state index < -0.39 is 0 Å². The van der Waals surface area contributed by atoms with Crippen molar-refractivity contribution in [3.63, 3.8) is 0 Å². The van der Waals surface area contributed by atoms with Gasteiger partial charge in [-0.15, -0.1) is 0 Å². The minimum absolute atomic E-state index is 0.0164. The molecule has 0 spiro atoms. The topological polar surface area (TPSA) is 47.6 Å². The van der Waals surface area contributed by atoms with Crippen molar-refractivity contribution in [2.24, 2.45) is 0 Å². The number of hydrogen-bond acceptors (Lipinski definition) is 3. The molecule has 4 nitrogen and oxygen atoms in total. The summed E-state index contributed by atoms with van der Waals surface area (Å²) >= 11 is 0. The van der Waals surface area contributed by atoms with E-state index in [1.807, 2.05) is 30.3 Å². The zero-order valence-electron chi connectivity index (χ0n) is 16.1. The van der Waals surface area contributed by atoms with Crippen LogP contribution in [0.25, 0.3) is 10.8 Å². The summed E-state index contributed by atoms with van der Waals surface area (Å²) in [6, 6.07) is 20.3. The quantitative estimate of drug-likeness (QED) is 0.606. The second-order valence-corrected chi connectivity index (χ2v) is 7.23. The highest BCUT2D eigenvalue weighted by Gasteiger charge is 2.21. The van der Waals surface area contributed by atoms with Gasteiger partial charge >= 0.3 is 0 Å². The highest BCUT2D eigenvalue weighted by Crippen LogP contribution is 2.27. The molecule has 3 aromatic rings. The number of hydrogen-bond donors (Lipinski definition) is 1.